The minimum Gasteiger partial charge on any atom is -0.307 e. The largest absolute Gasteiger partial charge is 0.307 e. The first kappa shape index (κ1) is 14.8. The Balaban J connectivity index is 2.30. The highest BCUT2D eigenvalue weighted by Gasteiger charge is 2.12. The summed E-state index contributed by atoms with van der Waals surface area (Å²) in [7, 11) is 0. The molecule has 2 rings (SSSR count). The summed E-state index contributed by atoms with van der Waals surface area (Å²) >= 11 is 0. The molecule has 0 aliphatic carbocycles. The van der Waals surface area contributed by atoms with Gasteiger partial charge in [0.2, 0.25) is 0 Å². The SMILES string of the molecule is CCNC(c1ccccc1)c1cccc(CC(C)C)c1. The molecule has 0 bridgehead atoms. The lowest BCUT2D eigenvalue weighted by Crippen LogP contribution is -2.22. The van der Waals surface area contributed by atoms with Crippen LogP contribution in [0.15, 0.2) is 54.6 Å². The van der Waals surface area contributed by atoms with E-state index < -0.39 is 0 Å². The third-order valence-corrected chi connectivity index (χ3v) is 3.47. The summed E-state index contributed by atoms with van der Waals surface area (Å²) in [6, 6.07) is 20.0. The van der Waals surface area contributed by atoms with E-state index in [1.807, 2.05) is 0 Å². The van der Waals surface area contributed by atoms with Crippen molar-refractivity contribution in [2.24, 2.45) is 5.92 Å². The number of nitrogens with one attached hydrogen (secondary N) is 1. The van der Waals surface area contributed by atoms with Crippen LogP contribution < -0.4 is 5.32 Å². The molecular weight excluding hydrogens is 242 g/mol. The van der Waals surface area contributed by atoms with Crippen molar-refractivity contribution >= 4 is 0 Å². The molecule has 0 amide bonds. The molecule has 1 N–H and O–H groups in total. The van der Waals surface area contributed by atoms with Crippen LogP contribution in [0.1, 0.15) is 43.5 Å². The van der Waals surface area contributed by atoms with E-state index in [1.165, 1.54) is 16.7 Å². The van der Waals surface area contributed by atoms with Gasteiger partial charge in [0.15, 0.2) is 0 Å². The van der Waals surface area contributed by atoms with Crippen molar-refractivity contribution in [3.8, 4) is 0 Å². The Hall–Kier alpha value is -1.60. The van der Waals surface area contributed by atoms with Crippen molar-refractivity contribution in [3.05, 3.63) is 71.3 Å². The average molecular weight is 267 g/mol. The molecular formula is C19H25N. The van der Waals surface area contributed by atoms with Gasteiger partial charge in [0.1, 0.15) is 0 Å². The average Bonchev–Trinajstić information content (AvgIpc) is 2.45. The number of hydrogen-bond acceptors (Lipinski definition) is 1. The maximum Gasteiger partial charge on any atom is 0.0576 e. The molecule has 2 aromatic carbocycles. The van der Waals surface area contributed by atoms with Crippen molar-refractivity contribution in [2.45, 2.75) is 33.2 Å². The zero-order valence-electron chi connectivity index (χ0n) is 12.8. The van der Waals surface area contributed by atoms with Gasteiger partial charge in [0.25, 0.3) is 0 Å². The van der Waals surface area contributed by atoms with Crippen molar-refractivity contribution in [1.82, 2.24) is 5.32 Å². The summed E-state index contributed by atoms with van der Waals surface area (Å²) in [5, 5.41) is 3.60. The van der Waals surface area contributed by atoms with Gasteiger partial charge in [-0.2, -0.15) is 0 Å². The van der Waals surface area contributed by atoms with Crippen LogP contribution >= 0.6 is 0 Å². The molecule has 20 heavy (non-hydrogen) atoms. The fourth-order valence-electron chi connectivity index (χ4n) is 2.65. The zero-order valence-corrected chi connectivity index (χ0v) is 12.8. The smallest absolute Gasteiger partial charge is 0.0576 e. The highest BCUT2D eigenvalue weighted by Crippen LogP contribution is 2.23. The second-order valence-electron chi connectivity index (χ2n) is 5.74. The van der Waals surface area contributed by atoms with Crippen LogP contribution in [0.5, 0.6) is 0 Å². The van der Waals surface area contributed by atoms with E-state index in [0.29, 0.717) is 5.92 Å². The fourth-order valence-corrected chi connectivity index (χ4v) is 2.65. The van der Waals surface area contributed by atoms with Gasteiger partial charge in [0.05, 0.1) is 6.04 Å². The van der Waals surface area contributed by atoms with Gasteiger partial charge < -0.3 is 5.32 Å². The van der Waals surface area contributed by atoms with E-state index in [2.05, 4.69) is 80.7 Å². The Labute approximate surface area is 123 Å². The number of hydrogen-bond donors (Lipinski definition) is 1. The molecule has 0 fully saturated rings. The predicted molar refractivity (Wildman–Crippen MR) is 86.9 cm³/mol. The molecule has 1 unspecified atom stereocenters. The maximum atomic E-state index is 3.60. The van der Waals surface area contributed by atoms with Crippen molar-refractivity contribution < 1.29 is 0 Å². The summed E-state index contributed by atoms with van der Waals surface area (Å²) in [5.41, 5.74) is 4.11. The highest BCUT2D eigenvalue weighted by atomic mass is 14.9. The molecule has 1 nitrogen and oxygen atoms in total. The van der Waals surface area contributed by atoms with Gasteiger partial charge in [-0.25, -0.2) is 0 Å². The fraction of sp³-hybridized carbons (Fsp3) is 0.368. The minimum atomic E-state index is 0.285. The van der Waals surface area contributed by atoms with Crippen LogP contribution in [0.25, 0.3) is 0 Å². The van der Waals surface area contributed by atoms with Gasteiger partial charge in [-0.1, -0.05) is 75.4 Å². The first-order valence-corrected chi connectivity index (χ1v) is 7.58. The third kappa shape index (κ3) is 3.94. The highest BCUT2D eigenvalue weighted by molar-refractivity contribution is 5.34. The molecule has 106 valence electrons. The lowest BCUT2D eigenvalue weighted by Gasteiger charge is -2.20. The zero-order chi connectivity index (χ0) is 14.4. The van der Waals surface area contributed by atoms with Gasteiger partial charge in [-0.05, 0) is 35.6 Å². The lowest BCUT2D eigenvalue weighted by molar-refractivity contribution is 0.623. The van der Waals surface area contributed by atoms with E-state index >= 15 is 0 Å². The summed E-state index contributed by atoms with van der Waals surface area (Å²) in [6.45, 7) is 7.67. The van der Waals surface area contributed by atoms with E-state index in [9.17, 15) is 0 Å². The summed E-state index contributed by atoms with van der Waals surface area (Å²) in [4.78, 5) is 0. The van der Waals surface area contributed by atoms with E-state index in [1.54, 1.807) is 0 Å². The molecule has 0 spiro atoms. The summed E-state index contributed by atoms with van der Waals surface area (Å²) in [5.74, 6) is 0.694. The quantitative estimate of drug-likeness (QED) is 0.807. The summed E-state index contributed by atoms with van der Waals surface area (Å²) in [6.07, 6.45) is 1.14. The first-order chi connectivity index (χ1) is 9.70. The van der Waals surface area contributed by atoms with Crippen LogP contribution in [-0.2, 0) is 6.42 Å². The van der Waals surface area contributed by atoms with Gasteiger partial charge in [0, 0.05) is 0 Å². The molecule has 0 aliphatic heterocycles. The Morgan fingerprint density at radius 2 is 1.60 bits per heavy atom. The molecule has 1 atom stereocenters. The van der Waals surface area contributed by atoms with E-state index in [4.69, 9.17) is 0 Å². The molecule has 1 heteroatoms. The molecule has 0 heterocycles. The van der Waals surface area contributed by atoms with Crippen LogP contribution in [-0.4, -0.2) is 6.54 Å². The van der Waals surface area contributed by atoms with Crippen molar-refractivity contribution in [1.29, 1.82) is 0 Å². The first-order valence-electron chi connectivity index (χ1n) is 7.58. The molecule has 0 aliphatic rings. The van der Waals surface area contributed by atoms with Crippen LogP contribution in [0, 0.1) is 5.92 Å². The second kappa shape index (κ2) is 7.25. The number of benzene rings is 2. The Kier molecular flexibility index (Phi) is 5.37. The van der Waals surface area contributed by atoms with E-state index in [-0.39, 0.29) is 6.04 Å². The van der Waals surface area contributed by atoms with Crippen molar-refractivity contribution in [3.63, 3.8) is 0 Å². The van der Waals surface area contributed by atoms with Crippen LogP contribution in [0.4, 0.5) is 0 Å². The molecule has 0 radical (unpaired) electrons. The monoisotopic (exact) mass is 267 g/mol. The molecule has 2 aromatic rings. The molecule has 0 aromatic heterocycles. The maximum absolute atomic E-state index is 3.60. The minimum absolute atomic E-state index is 0.285. The lowest BCUT2D eigenvalue weighted by atomic mass is 9.94. The van der Waals surface area contributed by atoms with Gasteiger partial charge in [-0.15, -0.1) is 0 Å². The van der Waals surface area contributed by atoms with Crippen molar-refractivity contribution in [2.75, 3.05) is 6.54 Å². The predicted octanol–water partition coefficient (Wildman–Crippen LogP) is 4.58. The number of rotatable bonds is 6. The molecule has 0 saturated carbocycles. The Bertz CT molecular complexity index is 516. The van der Waals surface area contributed by atoms with Gasteiger partial charge in [-0.3, -0.25) is 0 Å². The summed E-state index contributed by atoms with van der Waals surface area (Å²) < 4.78 is 0. The normalized spacial score (nSPS) is 12.6. The Morgan fingerprint density at radius 1 is 0.900 bits per heavy atom. The topological polar surface area (TPSA) is 12.0 Å². The second-order valence-corrected chi connectivity index (χ2v) is 5.74. The Morgan fingerprint density at radius 3 is 2.25 bits per heavy atom. The molecule has 0 saturated heterocycles. The van der Waals surface area contributed by atoms with Gasteiger partial charge >= 0.3 is 0 Å². The van der Waals surface area contributed by atoms with E-state index in [0.717, 1.165) is 13.0 Å². The van der Waals surface area contributed by atoms with Crippen LogP contribution in [0.3, 0.4) is 0 Å². The standard InChI is InChI=1S/C19H25N/c1-4-20-19(17-10-6-5-7-11-17)18-12-8-9-16(14-18)13-15(2)3/h5-12,14-15,19-20H,4,13H2,1-3H3. The third-order valence-electron chi connectivity index (χ3n) is 3.47. The van der Waals surface area contributed by atoms with Crippen LogP contribution in [0.2, 0.25) is 0 Å².